The van der Waals surface area contributed by atoms with Crippen molar-refractivity contribution in [3.63, 3.8) is 0 Å². The van der Waals surface area contributed by atoms with Crippen LogP contribution in [0.25, 0.3) is 0 Å². The molecule has 0 saturated carbocycles. The maximum absolute atomic E-state index is 13.0. The van der Waals surface area contributed by atoms with Crippen molar-refractivity contribution < 1.29 is 18.4 Å². The molecule has 1 rings (SSSR count). The molecule has 132 valence electrons. The lowest BCUT2D eigenvalue weighted by atomic mass is 10.2. The third-order valence-electron chi connectivity index (χ3n) is 3.59. The van der Waals surface area contributed by atoms with Crippen LogP contribution in [-0.4, -0.2) is 41.0 Å². The molecule has 1 aliphatic heterocycles. The van der Waals surface area contributed by atoms with Gasteiger partial charge in [-0.2, -0.15) is 0 Å². The van der Waals surface area contributed by atoms with Crippen LogP contribution in [0.4, 0.5) is 0 Å². The van der Waals surface area contributed by atoms with Crippen LogP contribution in [0.2, 0.25) is 0 Å². The highest BCUT2D eigenvalue weighted by Crippen LogP contribution is 2.57. The summed E-state index contributed by atoms with van der Waals surface area (Å²) >= 11 is 4.55. The summed E-state index contributed by atoms with van der Waals surface area (Å²) < 4.78 is 23.8. The van der Waals surface area contributed by atoms with Gasteiger partial charge < -0.3 is 13.9 Å². The van der Waals surface area contributed by atoms with E-state index < -0.39 is 13.1 Å². The lowest BCUT2D eigenvalue weighted by Crippen LogP contribution is -2.48. The van der Waals surface area contributed by atoms with Crippen molar-refractivity contribution >= 4 is 26.1 Å². The van der Waals surface area contributed by atoms with Crippen LogP contribution in [-0.2, 0) is 18.4 Å². The zero-order valence-electron chi connectivity index (χ0n) is 14.5. The molecule has 0 bridgehead atoms. The van der Waals surface area contributed by atoms with Crippen molar-refractivity contribution in [2.45, 2.75) is 46.5 Å². The number of rotatable bonds is 8. The van der Waals surface area contributed by atoms with E-state index in [9.17, 15) is 9.36 Å². The molecule has 0 fully saturated rings. The lowest BCUT2D eigenvalue weighted by Gasteiger charge is -2.40. The van der Waals surface area contributed by atoms with Gasteiger partial charge in [0.1, 0.15) is 0 Å². The first-order chi connectivity index (χ1) is 10.9. The van der Waals surface area contributed by atoms with Gasteiger partial charge in [-0.15, -0.1) is 12.6 Å². The average molecular weight is 362 g/mol. The number of allylic oxidation sites excluding steroid dienone is 2. The van der Waals surface area contributed by atoms with Gasteiger partial charge in [0.05, 0.1) is 18.5 Å². The standard InChI is InChI=1S/C15H27N2O4PS/c1-6-13(12(5)22(19,20-8-3)21-9-4)17-14(18)10-11-16(7-2)15(17)23/h10-11,15,23H,6-9H2,1-5H3/b13-12-. The van der Waals surface area contributed by atoms with E-state index in [0.29, 0.717) is 24.0 Å². The minimum absolute atomic E-state index is 0.189. The Kier molecular flexibility index (Phi) is 7.87. The Morgan fingerprint density at radius 3 is 2.26 bits per heavy atom. The van der Waals surface area contributed by atoms with Gasteiger partial charge in [-0.3, -0.25) is 14.3 Å². The number of carbonyl (C=O) groups is 1. The summed E-state index contributed by atoms with van der Waals surface area (Å²) in [5, 5.41) is 0.461. The highest BCUT2D eigenvalue weighted by Gasteiger charge is 2.35. The molecule has 1 unspecified atom stereocenters. The molecule has 6 nitrogen and oxygen atoms in total. The van der Waals surface area contributed by atoms with Crippen molar-refractivity contribution in [3.8, 4) is 0 Å². The monoisotopic (exact) mass is 362 g/mol. The van der Waals surface area contributed by atoms with Crippen LogP contribution < -0.4 is 0 Å². The highest BCUT2D eigenvalue weighted by molar-refractivity contribution is 7.80. The molecule has 1 heterocycles. The van der Waals surface area contributed by atoms with Gasteiger partial charge in [0.15, 0.2) is 5.50 Å². The van der Waals surface area contributed by atoms with Crippen LogP contribution in [0.5, 0.6) is 0 Å². The molecule has 0 aliphatic carbocycles. The third-order valence-corrected chi connectivity index (χ3v) is 6.39. The van der Waals surface area contributed by atoms with Gasteiger partial charge >= 0.3 is 7.60 Å². The lowest BCUT2D eigenvalue weighted by molar-refractivity contribution is -0.127. The summed E-state index contributed by atoms with van der Waals surface area (Å²) in [5.74, 6) is -0.189. The van der Waals surface area contributed by atoms with Crippen molar-refractivity contribution in [1.82, 2.24) is 9.80 Å². The highest BCUT2D eigenvalue weighted by atomic mass is 32.1. The molecular formula is C15H27N2O4PS. The van der Waals surface area contributed by atoms with Gasteiger partial charge in [0.25, 0.3) is 5.91 Å². The topological polar surface area (TPSA) is 59.1 Å². The maximum atomic E-state index is 13.0. The Morgan fingerprint density at radius 1 is 1.26 bits per heavy atom. The normalized spacial score (nSPS) is 20.1. The Morgan fingerprint density at radius 2 is 1.83 bits per heavy atom. The molecule has 0 spiro atoms. The summed E-state index contributed by atoms with van der Waals surface area (Å²) in [4.78, 5) is 15.8. The van der Waals surface area contributed by atoms with E-state index in [-0.39, 0.29) is 19.1 Å². The zero-order valence-corrected chi connectivity index (χ0v) is 16.3. The molecule has 23 heavy (non-hydrogen) atoms. The van der Waals surface area contributed by atoms with Gasteiger partial charge in [-0.05, 0) is 34.1 Å². The van der Waals surface area contributed by atoms with E-state index in [1.807, 2.05) is 18.7 Å². The average Bonchev–Trinajstić information content (AvgIpc) is 2.51. The van der Waals surface area contributed by atoms with E-state index in [2.05, 4.69) is 12.6 Å². The molecule has 8 heteroatoms. The van der Waals surface area contributed by atoms with Crippen LogP contribution in [0.15, 0.2) is 23.3 Å². The van der Waals surface area contributed by atoms with E-state index in [1.54, 1.807) is 31.9 Å². The number of hydrogen-bond acceptors (Lipinski definition) is 6. The molecule has 0 N–H and O–H groups in total. The Balaban J connectivity index is 3.35. The maximum Gasteiger partial charge on any atom is 0.358 e. The Bertz CT molecular complexity index is 526. The number of thiol groups is 1. The molecule has 1 atom stereocenters. The minimum Gasteiger partial charge on any atom is -0.349 e. The molecule has 0 aromatic carbocycles. The van der Waals surface area contributed by atoms with Gasteiger partial charge in [0, 0.05) is 24.5 Å². The summed E-state index contributed by atoms with van der Waals surface area (Å²) in [6.07, 6.45) is 3.74. The van der Waals surface area contributed by atoms with Crippen LogP contribution >= 0.6 is 20.2 Å². The van der Waals surface area contributed by atoms with Gasteiger partial charge in [-0.25, -0.2) is 0 Å². The predicted molar refractivity (Wildman–Crippen MR) is 95.0 cm³/mol. The Labute approximate surface area is 144 Å². The van der Waals surface area contributed by atoms with Crippen molar-refractivity contribution in [2.24, 2.45) is 0 Å². The molecule has 1 amide bonds. The summed E-state index contributed by atoms with van der Waals surface area (Å²) in [6.45, 7) is 10.4. The minimum atomic E-state index is -3.42. The van der Waals surface area contributed by atoms with Gasteiger partial charge in [-0.1, -0.05) is 6.92 Å². The first kappa shape index (κ1) is 20.3. The van der Waals surface area contributed by atoms with Crippen LogP contribution in [0.3, 0.4) is 0 Å². The number of nitrogens with zero attached hydrogens (tertiary/aromatic N) is 2. The number of hydrogen-bond donors (Lipinski definition) is 1. The molecule has 1 aliphatic rings. The van der Waals surface area contributed by atoms with Crippen molar-refractivity contribution in [1.29, 1.82) is 0 Å². The van der Waals surface area contributed by atoms with E-state index in [0.717, 1.165) is 0 Å². The number of amides is 1. The first-order valence-electron chi connectivity index (χ1n) is 7.90. The molecular weight excluding hydrogens is 335 g/mol. The second kappa shape index (κ2) is 8.92. The van der Waals surface area contributed by atoms with E-state index >= 15 is 0 Å². The fourth-order valence-corrected chi connectivity index (χ4v) is 4.67. The van der Waals surface area contributed by atoms with Crippen molar-refractivity contribution in [2.75, 3.05) is 19.8 Å². The van der Waals surface area contributed by atoms with E-state index in [1.165, 1.54) is 6.08 Å². The smallest absolute Gasteiger partial charge is 0.349 e. The predicted octanol–water partition coefficient (Wildman–Crippen LogP) is 3.79. The SMILES string of the molecule is CCOP(=O)(OCC)/C(C)=C(/CC)N1C(=O)C=CN(CC)C1S. The fraction of sp³-hybridized carbons (Fsp3) is 0.667. The summed E-state index contributed by atoms with van der Waals surface area (Å²) in [5.41, 5.74) is 0.183. The third kappa shape index (κ3) is 4.41. The van der Waals surface area contributed by atoms with E-state index in [4.69, 9.17) is 9.05 Å². The number of carbonyl (C=O) groups excluding carboxylic acids is 1. The second-order valence-corrected chi connectivity index (χ2v) is 7.56. The second-order valence-electron chi connectivity index (χ2n) is 4.92. The van der Waals surface area contributed by atoms with Crippen LogP contribution in [0, 0.1) is 0 Å². The first-order valence-corrected chi connectivity index (χ1v) is 9.96. The molecule has 0 saturated heterocycles. The van der Waals surface area contributed by atoms with Gasteiger partial charge in [0.2, 0.25) is 0 Å². The van der Waals surface area contributed by atoms with Crippen molar-refractivity contribution in [3.05, 3.63) is 23.3 Å². The summed E-state index contributed by atoms with van der Waals surface area (Å²) in [7, 11) is -3.42. The molecule has 0 radical (unpaired) electrons. The zero-order chi connectivity index (χ0) is 17.6. The summed E-state index contributed by atoms with van der Waals surface area (Å²) in [6, 6.07) is 0. The quantitative estimate of drug-likeness (QED) is 0.526. The molecule has 0 aromatic rings. The largest absolute Gasteiger partial charge is 0.358 e. The molecule has 0 aromatic heterocycles. The van der Waals surface area contributed by atoms with Crippen LogP contribution in [0.1, 0.15) is 41.0 Å². The fourth-order valence-electron chi connectivity index (χ4n) is 2.45. The Hall–Kier alpha value is -0.750.